The number of fused-ring (bicyclic) bond motifs is 1. The van der Waals surface area contributed by atoms with Crippen LogP contribution < -0.4 is 10.1 Å². The van der Waals surface area contributed by atoms with E-state index in [4.69, 9.17) is 4.74 Å². The van der Waals surface area contributed by atoms with Gasteiger partial charge in [-0.25, -0.2) is 0 Å². The van der Waals surface area contributed by atoms with Gasteiger partial charge in [-0.15, -0.1) is 11.8 Å². The van der Waals surface area contributed by atoms with E-state index >= 15 is 0 Å². The predicted octanol–water partition coefficient (Wildman–Crippen LogP) is 3.55. The van der Waals surface area contributed by atoms with Crippen LogP contribution in [0.5, 0.6) is 5.75 Å². The van der Waals surface area contributed by atoms with E-state index in [1.54, 1.807) is 18.9 Å². The van der Waals surface area contributed by atoms with Crippen molar-refractivity contribution in [3.05, 3.63) is 18.2 Å². The summed E-state index contributed by atoms with van der Waals surface area (Å²) >= 11 is 1.74. The Morgan fingerprint density at radius 3 is 3.06 bits per heavy atom. The van der Waals surface area contributed by atoms with E-state index in [9.17, 15) is 4.79 Å². The minimum Gasteiger partial charge on any atom is -0.497 e. The SMILES string of the molecule is CCCCC1CSc2cc(OC)ccc2NC1=O. The summed E-state index contributed by atoms with van der Waals surface area (Å²) in [6.45, 7) is 2.15. The number of rotatable bonds is 4. The molecule has 2 rings (SSSR count). The Hall–Kier alpha value is -1.16. The van der Waals surface area contributed by atoms with Crippen LogP contribution in [-0.2, 0) is 4.79 Å². The van der Waals surface area contributed by atoms with E-state index in [0.717, 1.165) is 41.3 Å². The summed E-state index contributed by atoms with van der Waals surface area (Å²) < 4.78 is 5.21. The lowest BCUT2D eigenvalue weighted by Crippen LogP contribution is -2.23. The molecule has 18 heavy (non-hydrogen) atoms. The van der Waals surface area contributed by atoms with Crippen molar-refractivity contribution in [2.24, 2.45) is 5.92 Å². The molecule has 4 heteroatoms. The van der Waals surface area contributed by atoms with Crippen molar-refractivity contribution in [1.82, 2.24) is 0 Å². The molecule has 0 fully saturated rings. The number of carbonyl (C=O) groups is 1. The molecule has 0 bridgehead atoms. The molecule has 1 aliphatic heterocycles. The third-order valence-electron chi connectivity index (χ3n) is 3.16. The first-order valence-electron chi connectivity index (χ1n) is 6.36. The highest BCUT2D eigenvalue weighted by Crippen LogP contribution is 2.36. The molecule has 0 aromatic heterocycles. The van der Waals surface area contributed by atoms with Gasteiger partial charge in [0.1, 0.15) is 5.75 Å². The molecular formula is C14H19NO2S. The first-order valence-corrected chi connectivity index (χ1v) is 7.35. The largest absolute Gasteiger partial charge is 0.497 e. The van der Waals surface area contributed by atoms with Gasteiger partial charge in [0, 0.05) is 16.6 Å². The minimum atomic E-state index is 0.119. The molecule has 1 aromatic carbocycles. The Balaban J connectivity index is 2.13. The van der Waals surface area contributed by atoms with Crippen LogP contribution >= 0.6 is 11.8 Å². The Morgan fingerprint density at radius 1 is 1.50 bits per heavy atom. The number of hydrogen-bond acceptors (Lipinski definition) is 3. The van der Waals surface area contributed by atoms with Crippen LogP contribution in [0.4, 0.5) is 5.69 Å². The normalized spacial score (nSPS) is 18.8. The zero-order valence-electron chi connectivity index (χ0n) is 10.9. The number of unbranched alkanes of at least 4 members (excludes halogenated alkanes) is 1. The first-order chi connectivity index (χ1) is 8.74. The van der Waals surface area contributed by atoms with E-state index in [2.05, 4.69) is 12.2 Å². The standard InChI is InChI=1S/C14H19NO2S/c1-3-4-5-10-9-18-13-8-11(17-2)6-7-12(13)15-14(10)16/h6-8,10H,3-5,9H2,1-2H3,(H,15,16). The van der Waals surface area contributed by atoms with Crippen molar-refractivity contribution in [3.63, 3.8) is 0 Å². The number of nitrogens with one attached hydrogen (secondary N) is 1. The van der Waals surface area contributed by atoms with Crippen LogP contribution in [0.2, 0.25) is 0 Å². The van der Waals surface area contributed by atoms with Crippen LogP contribution in [-0.4, -0.2) is 18.8 Å². The number of ether oxygens (including phenoxy) is 1. The van der Waals surface area contributed by atoms with Crippen molar-refractivity contribution >= 4 is 23.4 Å². The molecule has 1 aliphatic rings. The van der Waals surface area contributed by atoms with Gasteiger partial charge in [-0.2, -0.15) is 0 Å². The minimum absolute atomic E-state index is 0.119. The van der Waals surface area contributed by atoms with Crippen molar-refractivity contribution in [1.29, 1.82) is 0 Å². The maximum absolute atomic E-state index is 12.1. The van der Waals surface area contributed by atoms with Gasteiger partial charge in [0.2, 0.25) is 5.91 Å². The predicted molar refractivity (Wildman–Crippen MR) is 75.4 cm³/mol. The van der Waals surface area contributed by atoms with E-state index < -0.39 is 0 Å². The zero-order chi connectivity index (χ0) is 13.0. The van der Waals surface area contributed by atoms with Gasteiger partial charge in [-0.05, 0) is 24.6 Å². The summed E-state index contributed by atoms with van der Waals surface area (Å²) in [4.78, 5) is 13.2. The van der Waals surface area contributed by atoms with Gasteiger partial charge in [0.25, 0.3) is 0 Å². The van der Waals surface area contributed by atoms with E-state index in [1.807, 2.05) is 18.2 Å². The molecule has 0 aliphatic carbocycles. The second-order valence-electron chi connectivity index (χ2n) is 4.50. The van der Waals surface area contributed by atoms with Crippen LogP contribution in [0.25, 0.3) is 0 Å². The smallest absolute Gasteiger partial charge is 0.228 e. The summed E-state index contributed by atoms with van der Waals surface area (Å²) in [5, 5.41) is 3.02. The van der Waals surface area contributed by atoms with Gasteiger partial charge in [-0.1, -0.05) is 19.8 Å². The van der Waals surface area contributed by atoms with Gasteiger partial charge in [-0.3, -0.25) is 4.79 Å². The molecule has 1 atom stereocenters. The second-order valence-corrected chi connectivity index (χ2v) is 5.56. The lowest BCUT2D eigenvalue weighted by Gasteiger charge is -2.11. The number of anilines is 1. The maximum atomic E-state index is 12.1. The number of thioether (sulfide) groups is 1. The topological polar surface area (TPSA) is 38.3 Å². The lowest BCUT2D eigenvalue weighted by molar-refractivity contribution is -0.119. The molecule has 0 radical (unpaired) electrons. The Labute approximate surface area is 112 Å². The lowest BCUT2D eigenvalue weighted by atomic mass is 10.0. The Bertz CT molecular complexity index is 434. The molecule has 1 unspecified atom stereocenters. The van der Waals surface area contributed by atoms with Crippen molar-refractivity contribution in [2.45, 2.75) is 31.1 Å². The Kier molecular flexibility index (Phi) is 4.53. The van der Waals surface area contributed by atoms with E-state index in [0.29, 0.717) is 0 Å². The molecule has 98 valence electrons. The Morgan fingerprint density at radius 2 is 2.33 bits per heavy atom. The quantitative estimate of drug-likeness (QED) is 0.904. The van der Waals surface area contributed by atoms with E-state index in [1.165, 1.54) is 0 Å². The molecule has 0 spiro atoms. The summed E-state index contributed by atoms with van der Waals surface area (Å²) in [5.74, 6) is 1.96. The van der Waals surface area contributed by atoms with Crippen molar-refractivity contribution in [2.75, 3.05) is 18.2 Å². The second kappa shape index (κ2) is 6.14. The molecule has 1 heterocycles. The van der Waals surface area contributed by atoms with Gasteiger partial charge < -0.3 is 10.1 Å². The molecule has 1 aromatic rings. The fourth-order valence-corrected chi connectivity index (χ4v) is 3.19. The molecule has 0 saturated carbocycles. The van der Waals surface area contributed by atoms with Crippen LogP contribution in [0.15, 0.2) is 23.1 Å². The van der Waals surface area contributed by atoms with Crippen LogP contribution in [0, 0.1) is 5.92 Å². The molecular weight excluding hydrogens is 246 g/mol. The maximum Gasteiger partial charge on any atom is 0.228 e. The number of hydrogen-bond donors (Lipinski definition) is 1. The van der Waals surface area contributed by atoms with Crippen molar-refractivity contribution < 1.29 is 9.53 Å². The monoisotopic (exact) mass is 265 g/mol. The third-order valence-corrected chi connectivity index (χ3v) is 4.38. The fourth-order valence-electron chi connectivity index (χ4n) is 2.02. The summed E-state index contributed by atoms with van der Waals surface area (Å²) in [5.41, 5.74) is 0.907. The van der Waals surface area contributed by atoms with Crippen LogP contribution in [0.1, 0.15) is 26.2 Å². The number of carbonyl (C=O) groups excluding carboxylic acids is 1. The van der Waals surface area contributed by atoms with Gasteiger partial charge in [0.15, 0.2) is 0 Å². The first kappa shape index (κ1) is 13.3. The van der Waals surface area contributed by atoms with Gasteiger partial charge >= 0.3 is 0 Å². The molecule has 1 N–H and O–H groups in total. The number of benzene rings is 1. The van der Waals surface area contributed by atoms with Crippen LogP contribution in [0.3, 0.4) is 0 Å². The van der Waals surface area contributed by atoms with Crippen molar-refractivity contribution in [3.8, 4) is 5.75 Å². The molecule has 1 amide bonds. The van der Waals surface area contributed by atoms with E-state index in [-0.39, 0.29) is 11.8 Å². The molecule has 0 saturated heterocycles. The highest BCUT2D eigenvalue weighted by molar-refractivity contribution is 7.99. The average molecular weight is 265 g/mol. The fraction of sp³-hybridized carbons (Fsp3) is 0.500. The highest BCUT2D eigenvalue weighted by atomic mass is 32.2. The third kappa shape index (κ3) is 2.99. The highest BCUT2D eigenvalue weighted by Gasteiger charge is 2.23. The number of methoxy groups -OCH3 is 1. The molecule has 3 nitrogen and oxygen atoms in total. The zero-order valence-corrected chi connectivity index (χ0v) is 11.7. The summed E-state index contributed by atoms with van der Waals surface area (Å²) in [7, 11) is 1.66. The van der Waals surface area contributed by atoms with Gasteiger partial charge in [0.05, 0.1) is 12.8 Å². The number of amides is 1. The average Bonchev–Trinajstić information content (AvgIpc) is 2.54. The summed E-state index contributed by atoms with van der Waals surface area (Å²) in [6, 6.07) is 5.79. The summed E-state index contributed by atoms with van der Waals surface area (Å²) in [6.07, 6.45) is 3.22.